The van der Waals surface area contributed by atoms with Gasteiger partial charge in [-0.15, -0.1) is 0 Å². The summed E-state index contributed by atoms with van der Waals surface area (Å²) in [7, 11) is -3.93. The van der Waals surface area contributed by atoms with Gasteiger partial charge in [0.25, 0.3) is 10.0 Å². The number of nitrogens with zero attached hydrogens (tertiary/aromatic N) is 1. The lowest BCUT2D eigenvalue weighted by molar-refractivity contribution is 0.598. The minimum absolute atomic E-state index is 0.0710. The summed E-state index contributed by atoms with van der Waals surface area (Å²) in [5.41, 5.74) is 5.83. The van der Waals surface area contributed by atoms with Crippen LogP contribution in [0.25, 0.3) is 0 Å². The first-order valence-corrected chi connectivity index (χ1v) is 6.99. The van der Waals surface area contributed by atoms with Crippen molar-refractivity contribution in [3.63, 3.8) is 0 Å². The average molecular weight is 291 g/mol. The van der Waals surface area contributed by atoms with Crippen molar-refractivity contribution in [2.45, 2.75) is 4.90 Å². The fourth-order valence-electron chi connectivity index (χ4n) is 1.53. The first kappa shape index (κ1) is 13.8. The van der Waals surface area contributed by atoms with Crippen molar-refractivity contribution < 1.29 is 12.8 Å². The first-order valence-electron chi connectivity index (χ1n) is 5.50. The molecule has 0 bridgehead atoms. The maximum Gasteiger partial charge on any atom is 0.261 e. The molecule has 20 heavy (non-hydrogen) atoms. The maximum atomic E-state index is 13.5. The van der Waals surface area contributed by atoms with E-state index >= 15 is 0 Å². The second-order valence-electron chi connectivity index (χ2n) is 3.98. The van der Waals surface area contributed by atoms with Crippen LogP contribution in [-0.4, -0.2) is 8.42 Å². The summed E-state index contributed by atoms with van der Waals surface area (Å²) in [6, 6.07) is 10.7. The highest BCUT2D eigenvalue weighted by Gasteiger charge is 2.16. The van der Waals surface area contributed by atoms with Gasteiger partial charge in [0.2, 0.25) is 0 Å². The number of nitriles is 1. The average Bonchev–Trinajstić information content (AvgIpc) is 2.43. The zero-order chi connectivity index (χ0) is 14.8. The van der Waals surface area contributed by atoms with Gasteiger partial charge < -0.3 is 5.73 Å². The molecule has 102 valence electrons. The van der Waals surface area contributed by atoms with E-state index in [-0.39, 0.29) is 16.3 Å². The minimum atomic E-state index is -3.93. The number of halogens is 1. The summed E-state index contributed by atoms with van der Waals surface area (Å²) in [5.74, 6) is -0.726. The lowest BCUT2D eigenvalue weighted by Crippen LogP contribution is -2.14. The molecule has 0 amide bonds. The molecule has 0 saturated heterocycles. The molecule has 0 aliphatic rings. The van der Waals surface area contributed by atoms with Crippen LogP contribution in [0.5, 0.6) is 0 Å². The molecule has 0 aliphatic heterocycles. The van der Waals surface area contributed by atoms with Crippen LogP contribution in [0, 0.1) is 17.1 Å². The Morgan fingerprint density at radius 3 is 2.40 bits per heavy atom. The Bertz CT molecular complexity index is 780. The highest BCUT2D eigenvalue weighted by molar-refractivity contribution is 7.92. The summed E-state index contributed by atoms with van der Waals surface area (Å²) in [6.45, 7) is 0. The van der Waals surface area contributed by atoms with Gasteiger partial charge in [0.05, 0.1) is 22.2 Å². The third-order valence-corrected chi connectivity index (χ3v) is 3.91. The fourth-order valence-corrected chi connectivity index (χ4v) is 2.59. The van der Waals surface area contributed by atoms with E-state index in [4.69, 9.17) is 11.0 Å². The molecular formula is C13H10FN3O2S. The third-order valence-electron chi connectivity index (χ3n) is 2.53. The lowest BCUT2D eigenvalue weighted by atomic mass is 10.2. The normalized spacial score (nSPS) is 10.8. The van der Waals surface area contributed by atoms with Gasteiger partial charge in [-0.25, -0.2) is 12.8 Å². The van der Waals surface area contributed by atoms with Crippen LogP contribution in [0.2, 0.25) is 0 Å². The number of hydrogen-bond acceptors (Lipinski definition) is 4. The van der Waals surface area contributed by atoms with Crippen LogP contribution in [0.3, 0.4) is 0 Å². The maximum absolute atomic E-state index is 13.5. The predicted molar refractivity (Wildman–Crippen MR) is 72.8 cm³/mol. The second kappa shape index (κ2) is 5.19. The SMILES string of the molecule is N#Cc1ccc(S(=O)(=O)Nc2cc(N)ccc2F)cc1. The number of nitrogens with one attached hydrogen (secondary N) is 1. The molecule has 0 saturated carbocycles. The molecule has 0 radical (unpaired) electrons. The Labute approximate surface area is 115 Å². The molecule has 0 fully saturated rings. The Morgan fingerprint density at radius 2 is 1.80 bits per heavy atom. The van der Waals surface area contributed by atoms with Gasteiger partial charge in [-0.1, -0.05) is 0 Å². The van der Waals surface area contributed by atoms with Gasteiger partial charge in [-0.2, -0.15) is 5.26 Å². The van der Waals surface area contributed by atoms with E-state index in [1.807, 2.05) is 6.07 Å². The molecule has 7 heteroatoms. The third kappa shape index (κ3) is 2.87. The molecule has 0 aliphatic carbocycles. The Kier molecular flexibility index (Phi) is 3.59. The van der Waals surface area contributed by atoms with Crippen LogP contribution < -0.4 is 10.5 Å². The van der Waals surface area contributed by atoms with E-state index in [0.717, 1.165) is 6.07 Å². The Hall–Kier alpha value is -2.59. The van der Waals surface area contributed by atoms with Gasteiger partial charge in [-0.3, -0.25) is 4.72 Å². The van der Waals surface area contributed by atoms with Crippen molar-refractivity contribution in [1.82, 2.24) is 0 Å². The van der Waals surface area contributed by atoms with Crippen LogP contribution in [0.4, 0.5) is 15.8 Å². The standard InChI is InChI=1S/C13H10FN3O2S/c14-12-6-3-10(16)7-13(12)17-20(18,19)11-4-1-9(8-15)2-5-11/h1-7,17H,16H2. The molecule has 0 unspecified atom stereocenters. The van der Waals surface area contributed by atoms with Gasteiger partial charge >= 0.3 is 0 Å². The van der Waals surface area contributed by atoms with Crippen molar-refractivity contribution in [1.29, 1.82) is 5.26 Å². The molecule has 0 spiro atoms. The highest BCUT2D eigenvalue weighted by Crippen LogP contribution is 2.21. The molecule has 2 aromatic rings. The van der Waals surface area contributed by atoms with Gasteiger partial charge in [-0.05, 0) is 42.5 Å². The van der Waals surface area contributed by atoms with Crippen molar-refractivity contribution in [3.8, 4) is 6.07 Å². The molecular weight excluding hydrogens is 281 g/mol. The Balaban J connectivity index is 2.35. The number of nitrogens with two attached hydrogens (primary N) is 1. The lowest BCUT2D eigenvalue weighted by Gasteiger charge is -2.09. The number of benzene rings is 2. The second-order valence-corrected chi connectivity index (χ2v) is 5.66. The van der Waals surface area contributed by atoms with Crippen LogP contribution in [0.1, 0.15) is 5.56 Å². The predicted octanol–water partition coefficient (Wildman–Crippen LogP) is 2.08. The zero-order valence-electron chi connectivity index (χ0n) is 10.2. The summed E-state index contributed by atoms with van der Waals surface area (Å²) < 4.78 is 39.8. The fraction of sp³-hybridized carbons (Fsp3) is 0. The number of rotatable bonds is 3. The summed E-state index contributed by atoms with van der Waals surface area (Å²) >= 11 is 0. The minimum Gasteiger partial charge on any atom is -0.399 e. The van der Waals surface area contributed by atoms with Crippen LogP contribution >= 0.6 is 0 Å². The molecule has 0 aromatic heterocycles. The summed E-state index contributed by atoms with van der Waals surface area (Å²) in [6.07, 6.45) is 0. The van der Waals surface area contributed by atoms with Gasteiger partial charge in [0.15, 0.2) is 0 Å². The molecule has 2 rings (SSSR count). The molecule has 2 aromatic carbocycles. The largest absolute Gasteiger partial charge is 0.399 e. The van der Waals surface area contributed by atoms with Gasteiger partial charge in [0, 0.05) is 5.69 Å². The van der Waals surface area contributed by atoms with E-state index < -0.39 is 15.8 Å². The number of anilines is 2. The quantitative estimate of drug-likeness (QED) is 0.846. The highest BCUT2D eigenvalue weighted by atomic mass is 32.2. The van der Waals surface area contributed by atoms with Crippen molar-refractivity contribution in [2.24, 2.45) is 0 Å². The van der Waals surface area contributed by atoms with E-state index in [0.29, 0.717) is 5.56 Å². The van der Waals surface area contributed by atoms with Crippen molar-refractivity contribution >= 4 is 21.4 Å². The molecule has 0 heterocycles. The monoisotopic (exact) mass is 291 g/mol. The number of nitrogen functional groups attached to an aromatic ring is 1. The smallest absolute Gasteiger partial charge is 0.261 e. The van der Waals surface area contributed by atoms with Crippen molar-refractivity contribution in [2.75, 3.05) is 10.5 Å². The van der Waals surface area contributed by atoms with E-state index in [1.165, 1.54) is 36.4 Å². The molecule has 5 nitrogen and oxygen atoms in total. The van der Waals surface area contributed by atoms with Crippen LogP contribution in [-0.2, 0) is 10.0 Å². The molecule has 0 atom stereocenters. The number of hydrogen-bond donors (Lipinski definition) is 2. The van der Waals surface area contributed by atoms with Crippen LogP contribution in [0.15, 0.2) is 47.4 Å². The van der Waals surface area contributed by atoms with E-state index in [1.54, 1.807) is 0 Å². The van der Waals surface area contributed by atoms with E-state index in [9.17, 15) is 12.8 Å². The first-order chi connectivity index (χ1) is 9.42. The number of sulfonamides is 1. The summed E-state index contributed by atoms with van der Waals surface area (Å²) in [4.78, 5) is -0.0710. The molecule has 3 N–H and O–H groups in total. The van der Waals surface area contributed by atoms with Gasteiger partial charge in [0.1, 0.15) is 5.82 Å². The van der Waals surface area contributed by atoms with Crippen molar-refractivity contribution in [3.05, 3.63) is 53.8 Å². The summed E-state index contributed by atoms with van der Waals surface area (Å²) in [5, 5.41) is 8.65. The Morgan fingerprint density at radius 1 is 1.15 bits per heavy atom. The zero-order valence-corrected chi connectivity index (χ0v) is 11.0. The van der Waals surface area contributed by atoms with E-state index in [2.05, 4.69) is 4.72 Å². The topological polar surface area (TPSA) is 96.0 Å².